The lowest BCUT2D eigenvalue weighted by atomic mass is 9.93. The Morgan fingerprint density at radius 2 is 1.82 bits per heavy atom. The molecule has 2 heterocycles. The number of carbonyl (C=O) groups excluding carboxylic acids is 3. The normalized spacial score (nSPS) is 17.5. The molecule has 1 atom stereocenters. The number of amides is 2. The van der Waals surface area contributed by atoms with E-state index in [1.54, 1.807) is 31.2 Å². The van der Waals surface area contributed by atoms with Gasteiger partial charge in [0.2, 0.25) is 5.91 Å². The van der Waals surface area contributed by atoms with Gasteiger partial charge in [-0.05, 0) is 43.7 Å². The Morgan fingerprint density at radius 1 is 1.15 bits per heavy atom. The zero-order valence-corrected chi connectivity index (χ0v) is 19.2. The third-order valence-corrected chi connectivity index (χ3v) is 5.99. The van der Waals surface area contributed by atoms with Crippen LogP contribution < -0.4 is 10.2 Å². The SMILES string of the molecule is COC(=O)c1ncn2c1C(=O)N(c1ccc(Cl)cc1)[C@@](C)(C(=O)NCc1ccc(C)cc1)C2. The molecule has 0 aliphatic carbocycles. The average Bonchev–Trinajstić information content (AvgIpc) is 3.23. The Labute approximate surface area is 196 Å². The van der Waals surface area contributed by atoms with E-state index in [9.17, 15) is 14.4 Å². The number of methoxy groups -OCH3 is 1. The Kier molecular flexibility index (Phi) is 5.95. The minimum atomic E-state index is -1.29. The molecule has 0 saturated heterocycles. The number of halogens is 1. The largest absolute Gasteiger partial charge is 0.464 e. The molecule has 4 rings (SSSR count). The zero-order chi connectivity index (χ0) is 23.8. The summed E-state index contributed by atoms with van der Waals surface area (Å²) in [6.07, 6.45) is 1.38. The Hall–Kier alpha value is -3.65. The van der Waals surface area contributed by atoms with Crippen LogP contribution in [0.1, 0.15) is 39.0 Å². The van der Waals surface area contributed by atoms with Crippen LogP contribution in [0.5, 0.6) is 0 Å². The minimum absolute atomic E-state index is 0.0700. The van der Waals surface area contributed by atoms with Crippen molar-refractivity contribution in [1.29, 1.82) is 0 Å². The van der Waals surface area contributed by atoms with Crippen LogP contribution in [0.3, 0.4) is 0 Å². The lowest BCUT2D eigenvalue weighted by Crippen LogP contribution is -2.64. The van der Waals surface area contributed by atoms with Crippen LogP contribution >= 0.6 is 11.6 Å². The van der Waals surface area contributed by atoms with Gasteiger partial charge in [0, 0.05) is 17.3 Å². The van der Waals surface area contributed by atoms with E-state index in [0.29, 0.717) is 17.3 Å². The molecular weight excluding hydrogens is 444 g/mol. The molecule has 0 spiro atoms. The number of hydrogen-bond acceptors (Lipinski definition) is 5. The van der Waals surface area contributed by atoms with Crippen LogP contribution in [0.2, 0.25) is 5.02 Å². The number of esters is 1. The number of nitrogens with zero attached hydrogens (tertiary/aromatic N) is 3. The van der Waals surface area contributed by atoms with E-state index < -0.39 is 17.4 Å². The predicted octanol–water partition coefficient (Wildman–Crippen LogP) is 3.37. The fourth-order valence-electron chi connectivity index (χ4n) is 3.95. The second kappa shape index (κ2) is 8.71. The first-order valence-electron chi connectivity index (χ1n) is 10.3. The van der Waals surface area contributed by atoms with Crippen molar-refractivity contribution in [3.63, 3.8) is 0 Å². The first-order chi connectivity index (χ1) is 15.7. The molecular formula is C24H23ClN4O4. The zero-order valence-electron chi connectivity index (χ0n) is 18.5. The van der Waals surface area contributed by atoms with E-state index in [1.165, 1.54) is 22.9 Å². The van der Waals surface area contributed by atoms with Gasteiger partial charge in [-0.25, -0.2) is 9.78 Å². The van der Waals surface area contributed by atoms with Crippen LogP contribution in [-0.4, -0.2) is 40.0 Å². The summed E-state index contributed by atoms with van der Waals surface area (Å²) in [6, 6.07) is 14.4. The van der Waals surface area contributed by atoms with Gasteiger partial charge in [-0.1, -0.05) is 41.4 Å². The molecule has 9 heteroatoms. The maximum Gasteiger partial charge on any atom is 0.359 e. The number of ether oxygens (including phenoxy) is 1. The number of anilines is 1. The van der Waals surface area contributed by atoms with Crippen molar-refractivity contribution in [2.75, 3.05) is 12.0 Å². The number of fused-ring (bicyclic) bond motifs is 1. The van der Waals surface area contributed by atoms with E-state index in [0.717, 1.165) is 11.1 Å². The molecule has 0 unspecified atom stereocenters. The molecule has 0 fully saturated rings. The van der Waals surface area contributed by atoms with Crippen LogP contribution in [0, 0.1) is 6.92 Å². The molecule has 1 aliphatic heterocycles. The van der Waals surface area contributed by atoms with Crippen LogP contribution in [0.15, 0.2) is 54.9 Å². The highest BCUT2D eigenvalue weighted by Crippen LogP contribution is 2.34. The minimum Gasteiger partial charge on any atom is -0.464 e. The third kappa shape index (κ3) is 4.09. The highest BCUT2D eigenvalue weighted by molar-refractivity contribution is 6.30. The van der Waals surface area contributed by atoms with Gasteiger partial charge in [-0.15, -0.1) is 0 Å². The number of aryl methyl sites for hydroxylation is 1. The van der Waals surface area contributed by atoms with Crippen LogP contribution in [-0.2, 0) is 22.6 Å². The molecule has 1 N–H and O–H groups in total. The van der Waals surface area contributed by atoms with Gasteiger partial charge in [0.05, 0.1) is 20.0 Å². The standard InChI is InChI=1S/C24H23ClN4O4/c1-15-4-6-16(7-5-15)12-26-23(32)24(2)13-28-14-27-19(22(31)33-3)20(28)21(30)29(24)18-10-8-17(25)9-11-18/h4-11,14H,12-13H2,1-3H3,(H,26,32)/t24-/m1/s1. The maximum absolute atomic E-state index is 13.7. The predicted molar refractivity (Wildman–Crippen MR) is 123 cm³/mol. The van der Waals surface area contributed by atoms with Gasteiger partial charge >= 0.3 is 5.97 Å². The maximum atomic E-state index is 13.7. The Balaban J connectivity index is 1.73. The van der Waals surface area contributed by atoms with E-state index in [1.807, 2.05) is 31.2 Å². The first kappa shape index (κ1) is 22.5. The van der Waals surface area contributed by atoms with E-state index >= 15 is 0 Å². The number of imidazole rings is 1. The van der Waals surface area contributed by atoms with Crippen LogP contribution in [0.4, 0.5) is 5.69 Å². The van der Waals surface area contributed by atoms with Gasteiger partial charge in [-0.3, -0.25) is 14.5 Å². The van der Waals surface area contributed by atoms with E-state index in [-0.39, 0.29) is 23.8 Å². The number of hydrogen-bond donors (Lipinski definition) is 1. The monoisotopic (exact) mass is 466 g/mol. The average molecular weight is 467 g/mol. The molecule has 170 valence electrons. The van der Waals surface area contributed by atoms with Crippen molar-refractivity contribution in [3.8, 4) is 0 Å². The topological polar surface area (TPSA) is 93.5 Å². The second-order valence-electron chi connectivity index (χ2n) is 8.12. The highest BCUT2D eigenvalue weighted by Gasteiger charge is 2.49. The van der Waals surface area contributed by atoms with Gasteiger partial charge < -0.3 is 14.6 Å². The molecule has 8 nitrogen and oxygen atoms in total. The summed E-state index contributed by atoms with van der Waals surface area (Å²) in [7, 11) is 1.22. The summed E-state index contributed by atoms with van der Waals surface area (Å²) in [4.78, 5) is 44.8. The molecule has 3 aromatic rings. The number of rotatable bonds is 5. The first-order valence-corrected chi connectivity index (χ1v) is 10.7. The lowest BCUT2D eigenvalue weighted by molar-refractivity contribution is -0.126. The van der Waals surface area contributed by atoms with Crippen molar-refractivity contribution >= 4 is 35.1 Å². The summed E-state index contributed by atoms with van der Waals surface area (Å²) in [5.74, 6) is -1.60. The molecule has 0 radical (unpaired) electrons. The van der Waals surface area contributed by atoms with Crippen molar-refractivity contribution in [2.24, 2.45) is 0 Å². The molecule has 33 heavy (non-hydrogen) atoms. The van der Waals surface area contributed by atoms with Crippen molar-refractivity contribution in [1.82, 2.24) is 14.9 Å². The van der Waals surface area contributed by atoms with Gasteiger partial charge in [-0.2, -0.15) is 0 Å². The molecule has 2 amide bonds. The van der Waals surface area contributed by atoms with Crippen molar-refractivity contribution < 1.29 is 19.1 Å². The summed E-state index contributed by atoms with van der Waals surface area (Å²) < 4.78 is 6.30. The van der Waals surface area contributed by atoms with Crippen LogP contribution in [0.25, 0.3) is 0 Å². The Bertz CT molecular complexity index is 1220. The second-order valence-corrected chi connectivity index (χ2v) is 8.56. The summed E-state index contributed by atoms with van der Waals surface area (Å²) >= 11 is 6.04. The fraction of sp³-hybridized carbons (Fsp3) is 0.250. The number of benzene rings is 2. The number of aromatic nitrogens is 2. The number of nitrogens with one attached hydrogen (secondary N) is 1. The van der Waals surface area contributed by atoms with E-state index in [4.69, 9.17) is 16.3 Å². The Morgan fingerprint density at radius 3 is 2.45 bits per heavy atom. The van der Waals surface area contributed by atoms with Gasteiger partial charge in [0.15, 0.2) is 5.69 Å². The molecule has 0 bridgehead atoms. The third-order valence-electron chi connectivity index (χ3n) is 5.74. The summed E-state index contributed by atoms with van der Waals surface area (Å²) in [5, 5.41) is 3.44. The smallest absolute Gasteiger partial charge is 0.359 e. The van der Waals surface area contributed by atoms with E-state index in [2.05, 4.69) is 10.3 Å². The van der Waals surface area contributed by atoms with Gasteiger partial charge in [0.1, 0.15) is 11.2 Å². The number of carbonyl (C=O) groups is 3. The quantitative estimate of drug-likeness (QED) is 0.582. The summed E-state index contributed by atoms with van der Waals surface area (Å²) in [5.41, 5.74) is 1.22. The molecule has 1 aromatic heterocycles. The molecule has 2 aromatic carbocycles. The summed E-state index contributed by atoms with van der Waals surface area (Å²) in [6.45, 7) is 4.08. The highest BCUT2D eigenvalue weighted by atomic mass is 35.5. The fourth-order valence-corrected chi connectivity index (χ4v) is 4.08. The van der Waals surface area contributed by atoms with Crippen molar-refractivity contribution in [3.05, 3.63) is 82.4 Å². The van der Waals surface area contributed by atoms with Crippen molar-refractivity contribution in [2.45, 2.75) is 32.5 Å². The molecule has 1 aliphatic rings. The van der Waals surface area contributed by atoms with Gasteiger partial charge in [0.25, 0.3) is 5.91 Å². The lowest BCUT2D eigenvalue weighted by Gasteiger charge is -2.43. The molecule has 0 saturated carbocycles.